The van der Waals surface area contributed by atoms with E-state index in [4.69, 9.17) is 10.5 Å². The van der Waals surface area contributed by atoms with E-state index in [0.717, 1.165) is 43.8 Å². The lowest BCUT2D eigenvalue weighted by Gasteiger charge is -2.34. The van der Waals surface area contributed by atoms with E-state index in [-0.39, 0.29) is 0 Å². The number of benzene rings is 3. The Bertz CT molecular complexity index is 895. The first-order valence-corrected chi connectivity index (χ1v) is 12.4. The smallest absolute Gasteiger partial charge is 0.118 e. The maximum atomic E-state index is 5.95. The van der Waals surface area contributed by atoms with Crippen molar-refractivity contribution in [2.45, 2.75) is 38.1 Å². The summed E-state index contributed by atoms with van der Waals surface area (Å²) in [5.41, 5.74) is 10.1. The fraction of sp³-hybridized carbons (Fsp3) is 0.400. The Labute approximate surface area is 199 Å². The van der Waals surface area contributed by atoms with Gasteiger partial charge in [0.1, 0.15) is 5.75 Å². The van der Waals surface area contributed by atoms with Crippen molar-refractivity contribution in [2.24, 2.45) is 17.6 Å². The van der Waals surface area contributed by atoms with Gasteiger partial charge in [-0.1, -0.05) is 72.8 Å². The summed E-state index contributed by atoms with van der Waals surface area (Å²) in [6.45, 7) is 3.94. The normalized spacial score (nSPS) is 18.5. The summed E-state index contributed by atoms with van der Waals surface area (Å²) in [4.78, 5) is 2.68. The van der Waals surface area contributed by atoms with Gasteiger partial charge in [0.05, 0.1) is 7.11 Å². The molecular weight excluding hydrogens is 404 g/mol. The largest absolute Gasteiger partial charge is 0.497 e. The first-order chi connectivity index (χ1) is 16.2. The Balaban J connectivity index is 1.56. The molecule has 1 aliphatic carbocycles. The van der Waals surface area contributed by atoms with Crippen molar-refractivity contribution >= 4 is 0 Å². The van der Waals surface area contributed by atoms with Gasteiger partial charge in [-0.3, -0.25) is 4.90 Å². The van der Waals surface area contributed by atoms with Crippen LogP contribution in [0, 0.1) is 11.8 Å². The Morgan fingerprint density at radius 2 is 1.33 bits per heavy atom. The molecule has 0 spiro atoms. The molecule has 3 nitrogen and oxygen atoms in total. The highest BCUT2D eigenvalue weighted by Gasteiger charge is 2.25. The molecule has 1 fully saturated rings. The van der Waals surface area contributed by atoms with E-state index < -0.39 is 0 Å². The van der Waals surface area contributed by atoms with Crippen LogP contribution in [0.3, 0.4) is 0 Å². The number of hydrogen-bond acceptors (Lipinski definition) is 3. The van der Waals surface area contributed by atoms with Crippen LogP contribution in [0.4, 0.5) is 0 Å². The van der Waals surface area contributed by atoms with Crippen LogP contribution in [0.2, 0.25) is 0 Å². The van der Waals surface area contributed by atoms with E-state index in [1.54, 1.807) is 7.11 Å². The van der Waals surface area contributed by atoms with Gasteiger partial charge >= 0.3 is 0 Å². The van der Waals surface area contributed by atoms with Gasteiger partial charge in [-0.05, 0) is 72.9 Å². The predicted molar refractivity (Wildman–Crippen MR) is 138 cm³/mol. The third-order valence-corrected chi connectivity index (χ3v) is 7.23. The molecule has 174 valence electrons. The monoisotopic (exact) mass is 442 g/mol. The zero-order valence-corrected chi connectivity index (χ0v) is 19.9. The van der Waals surface area contributed by atoms with Crippen molar-refractivity contribution in [1.82, 2.24) is 4.90 Å². The molecule has 0 aromatic heterocycles. The van der Waals surface area contributed by atoms with E-state index >= 15 is 0 Å². The lowest BCUT2D eigenvalue weighted by atomic mass is 9.81. The second-order valence-electron chi connectivity index (χ2n) is 9.54. The van der Waals surface area contributed by atoms with E-state index in [2.05, 4.69) is 89.8 Å². The van der Waals surface area contributed by atoms with Crippen LogP contribution in [0.1, 0.15) is 48.3 Å². The minimum atomic E-state index is 0.353. The second kappa shape index (κ2) is 12.0. The van der Waals surface area contributed by atoms with Crippen molar-refractivity contribution in [3.8, 4) is 5.75 Å². The Morgan fingerprint density at radius 1 is 0.788 bits per heavy atom. The van der Waals surface area contributed by atoms with Gasteiger partial charge in [-0.2, -0.15) is 0 Å². The van der Waals surface area contributed by atoms with Crippen molar-refractivity contribution in [3.05, 3.63) is 102 Å². The number of hydrogen-bond donors (Lipinski definition) is 1. The van der Waals surface area contributed by atoms with Crippen LogP contribution < -0.4 is 10.5 Å². The average molecular weight is 443 g/mol. The van der Waals surface area contributed by atoms with Gasteiger partial charge in [-0.15, -0.1) is 0 Å². The quantitative estimate of drug-likeness (QED) is 0.413. The number of rotatable bonds is 10. The topological polar surface area (TPSA) is 38.5 Å². The zero-order chi connectivity index (χ0) is 22.9. The fourth-order valence-electron chi connectivity index (χ4n) is 5.24. The van der Waals surface area contributed by atoms with Crippen LogP contribution in [0.15, 0.2) is 84.9 Å². The molecule has 4 rings (SSSR count). The molecule has 3 aromatic carbocycles. The molecule has 0 radical (unpaired) electrons. The minimum absolute atomic E-state index is 0.353. The summed E-state index contributed by atoms with van der Waals surface area (Å²) in [6, 6.07) is 30.5. The van der Waals surface area contributed by atoms with Crippen molar-refractivity contribution in [2.75, 3.05) is 26.7 Å². The summed E-state index contributed by atoms with van der Waals surface area (Å²) in [6.07, 6.45) is 5.14. The van der Waals surface area contributed by atoms with Gasteiger partial charge in [0, 0.05) is 25.6 Å². The van der Waals surface area contributed by atoms with E-state index in [9.17, 15) is 0 Å². The molecule has 0 atom stereocenters. The second-order valence-corrected chi connectivity index (χ2v) is 9.54. The summed E-state index contributed by atoms with van der Waals surface area (Å²) in [5, 5.41) is 0. The molecule has 1 aliphatic rings. The minimum Gasteiger partial charge on any atom is -0.497 e. The van der Waals surface area contributed by atoms with Crippen molar-refractivity contribution < 1.29 is 4.74 Å². The number of nitrogens with two attached hydrogens (primary N) is 1. The third kappa shape index (κ3) is 6.69. The van der Waals surface area contributed by atoms with Crippen LogP contribution >= 0.6 is 0 Å². The van der Waals surface area contributed by atoms with Crippen LogP contribution in [0.5, 0.6) is 5.75 Å². The van der Waals surface area contributed by atoms with E-state index in [1.165, 1.54) is 42.4 Å². The molecule has 3 heteroatoms. The molecule has 1 saturated carbocycles. The maximum Gasteiger partial charge on any atom is 0.118 e. The average Bonchev–Trinajstić information content (AvgIpc) is 2.89. The lowest BCUT2D eigenvalue weighted by molar-refractivity contribution is 0.172. The Kier molecular flexibility index (Phi) is 8.57. The van der Waals surface area contributed by atoms with Gasteiger partial charge < -0.3 is 10.5 Å². The van der Waals surface area contributed by atoms with Crippen LogP contribution in [0.25, 0.3) is 0 Å². The van der Waals surface area contributed by atoms with Gasteiger partial charge in [0.25, 0.3) is 0 Å². The molecule has 0 bridgehead atoms. The number of nitrogens with zero attached hydrogens (tertiary/aromatic N) is 1. The molecule has 0 amide bonds. The SMILES string of the molecule is COc1ccc(CN(CC2CCC(CN)CC2)CC(c2ccccc2)c2ccccc2)cc1. The molecule has 2 N–H and O–H groups in total. The van der Waals surface area contributed by atoms with Gasteiger partial charge in [0.15, 0.2) is 0 Å². The van der Waals surface area contributed by atoms with Gasteiger partial charge in [0.2, 0.25) is 0 Å². The summed E-state index contributed by atoms with van der Waals surface area (Å²) in [5.74, 6) is 2.74. The maximum absolute atomic E-state index is 5.95. The summed E-state index contributed by atoms with van der Waals surface area (Å²) in [7, 11) is 1.73. The molecular formula is C30H38N2O. The zero-order valence-electron chi connectivity index (χ0n) is 19.9. The highest BCUT2D eigenvalue weighted by atomic mass is 16.5. The van der Waals surface area contributed by atoms with E-state index in [1.807, 2.05) is 0 Å². The highest BCUT2D eigenvalue weighted by Crippen LogP contribution is 2.31. The van der Waals surface area contributed by atoms with E-state index in [0.29, 0.717) is 5.92 Å². The molecule has 0 heterocycles. The summed E-state index contributed by atoms with van der Waals surface area (Å²) < 4.78 is 5.37. The van der Waals surface area contributed by atoms with Crippen LogP contribution in [-0.4, -0.2) is 31.6 Å². The molecule has 3 aromatic rings. The summed E-state index contributed by atoms with van der Waals surface area (Å²) >= 11 is 0. The van der Waals surface area contributed by atoms with Crippen molar-refractivity contribution in [1.29, 1.82) is 0 Å². The lowest BCUT2D eigenvalue weighted by Crippen LogP contribution is -2.35. The first kappa shape index (κ1) is 23.5. The molecule has 0 aliphatic heterocycles. The van der Waals surface area contributed by atoms with Gasteiger partial charge in [-0.25, -0.2) is 0 Å². The molecule has 33 heavy (non-hydrogen) atoms. The number of methoxy groups -OCH3 is 1. The Hall–Kier alpha value is -2.62. The fourth-order valence-corrected chi connectivity index (χ4v) is 5.24. The first-order valence-electron chi connectivity index (χ1n) is 12.4. The standard InChI is InChI=1S/C30H38N2O/c1-33-29-18-16-26(17-19-29)22-32(21-25-14-12-24(20-31)13-15-25)23-30(27-8-4-2-5-9-27)28-10-6-3-7-11-28/h2-11,16-19,24-25,30H,12-15,20-23,31H2,1H3. The molecule has 0 saturated heterocycles. The predicted octanol–water partition coefficient (Wildman–Crippen LogP) is 6.09. The third-order valence-electron chi connectivity index (χ3n) is 7.23. The van der Waals surface area contributed by atoms with Crippen LogP contribution in [-0.2, 0) is 6.54 Å². The highest BCUT2D eigenvalue weighted by molar-refractivity contribution is 5.33. The number of ether oxygens (including phenoxy) is 1. The van der Waals surface area contributed by atoms with Crippen molar-refractivity contribution in [3.63, 3.8) is 0 Å². The Morgan fingerprint density at radius 3 is 1.85 bits per heavy atom. The molecule has 0 unspecified atom stereocenters.